The van der Waals surface area contributed by atoms with Gasteiger partial charge in [-0.2, -0.15) is 0 Å². The quantitative estimate of drug-likeness (QED) is 0.206. The molecule has 8 saturated carbocycles. The Kier molecular flexibility index (Phi) is 7.84. The third kappa shape index (κ3) is 5.40. The van der Waals surface area contributed by atoms with Crippen LogP contribution >= 0.6 is 15.8 Å². The zero-order valence-corrected chi connectivity index (χ0v) is 31.2. The van der Waals surface area contributed by atoms with Crippen molar-refractivity contribution in [2.75, 3.05) is 13.1 Å². The van der Waals surface area contributed by atoms with Crippen molar-refractivity contribution in [3.63, 3.8) is 0 Å². The lowest BCUT2D eigenvalue weighted by atomic mass is 9.55. The Morgan fingerprint density at radius 1 is 0.636 bits per heavy atom. The van der Waals surface area contributed by atoms with Crippen LogP contribution in [-0.2, 0) is 12.3 Å². The van der Waals surface area contributed by atoms with Gasteiger partial charge in [-0.3, -0.25) is 0 Å². The molecule has 0 spiro atoms. The summed E-state index contributed by atoms with van der Waals surface area (Å²) in [4.78, 5) is 0. The van der Waals surface area contributed by atoms with Gasteiger partial charge in [0.25, 0.3) is 0 Å². The molecule has 1 aromatic carbocycles. The van der Waals surface area contributed by atoms with Gasteiger partial charge in [0.05, 0.1) is 8.07 Å². The van der Waals surface area contributed by atoms with E-state index in [0.717, 1.165) is 57.4 Å². The van der Waals surface area contributed by atoms with Gasteiger partial charge in [0, 0.05) is 11.6 Å². The number of benzene rings is 1. The summed E-state index contributed by atoms with van der Waals surface area (Å²) in [6.45, 7) is 10.3. The van der Waals surface area contributed by atoms with Crippen molar-refractivity contribution in [2.45, 2.75) is 157 Å². The molecule has 44 heavy (non-hydrogen) atoms. The normalized spacial score (nSPS) is 45.3. The highest BCUT2D eigenvalue weighted by Crippen LogP contribution is 2.79. The molecule has 0 aromatic heterocycles. The maximum atomic E-state index is 4.04. The second-order valence-corrected chi connectivity index (χ2v) is 29.7. The molecule has 1 aromatic rings. The highest BCUT2D eigenvalue weighted by atomic mass is 31.1. The van der Waals surface area contributed by atoms with Crippen molar-refractivity contribution in [1.29, 1.82) is 0 Å². The molecule has 5 heteroatoms. The molecule has 2 aliphatic heterocycles. The van der Waals surface area contributed by atoms with E-state index in [2.05, 4.69) is 48.5 Å². The molecule has 242 valence electrons. The second kappa shape index (κ2) is 11.4. The molecule has 2 nitrogen and oxygen atoms in total. The lowest BCUT2D eigenvalue weighted by Crippen LogP contribution is -2.56. The zero-order chi connectivity index (χ0) is 29.7. The van der Waals surface area contributed by atoms with Gasteiger partial charge < -0.3 is 10.6 Å². The number of hydrogen-bond donors (Lipinski definition) is 2. The number of nitrogens with one attached hydrogen (secondary N) is 2. The van der Waals surface area contributed by atoms with Crippen molar-refractivity contribution in [2.24, 2.45) is 35.5 Å². The fraction of sp³-hybridized carbons (Fsp3) is 0.846. The predicted octanol–water partition coefficient (Wildman–Crippen LogP) is 9.55. The zero-order valence-electron chi connectivity index (χ0n) is 28.4. The van der Waals surface area contributed by atoms with Crippen molar-refractivity contribution in [3.05, 3.63) is 29.3 Å². The summed E-state index contributed by atoms with van der Waals surface area (Å²) in [6, 6.07) is 8.24. The van der Waals surface area contributed by atoms with E-state index >= 15 is 0 Å². The van der Waals surface area contributed by atoms with Gasteiger partial charge >= 0.3 is 0 Å². The third-order valence-corrected chi connectivity index (χ3v) is 24.1. The van der Waals surface area contributed by atoms with Gasteiger partial charge in [0.15, 0.2) is 0 Å². The standard InChI is InChI=1S/C39H62N2P2Si/c1-44(2,3)35-9-8-33(34(18-35)25-42(36-6-4-10-40-36)37-7-5-11-41-37)26-43(38-19-27-12-28(20-38)14-29(13-27)21-38)39-22-30-15-31(23-39)17-32(16-30)24-39/h8-9,18,27-32,36-37,40-41H,4-7,10-17,19-26H2,1-3H3. The Balaban J connectivity index is 1.12. The number of rotatable bonds is 9. The Bertz CT molecular complexity index is 1100. The minimum absolute atomic E-state index is 0.00277. The maximum absolute atomic E-state index is 4.04. The van der Waals surface area contributed by atoms with Crippen LogP contribution in [0.5, 0.6) is 0 Å². The van der Waals surface area contributed by atoms with Crippen LogP contribution in [-0.4, -0.2) is 43.0 Å². The van der Waals surface area contributed by atoms with E-state index in [-0.39, 0.29) is 15.8 Å². The fourth-order valence-corrected chi connectivity index (χ4v) is 23.4. The van der Waals surface area contributed by atoms with Crippen LogP contribution < -0.4 is 15.8 Å². The Morgan fingerprint density at radius 3 is 1.48 bits per heavy atom. The molecular weight excluding hydrogens is 586 g/mol. The smallest absolute Gasteiger partial charge is 0.0776 e. The van der Waals surface area contributed by atoms with Crippen LogP contribution in [0.3, 0.4) is 0 Å². The molecule has 10 fully saturated rings. The molecule has 2 unspecified atom stereocenters. The average molecular weight is 649 g/mol. The molecule has 2 saturated heterocycles. The van der Waals surface area contributed by atoms with Crippen LogP contribution in [0.2, 0.25) is 19.6 Å². The monoisotopic (exact) mass is 648 g/mol. The molecular formula is C39H62N2P2Si. The highest BCUT2D eigenvalue weighted by Gasteiger charge is 2.62. The largest absolute Gasteiger partial charge is 0.310 e. The molecule has 2 N–H and O–H groups in total. The molecule has 8 bridgehead atoms. The summed E-state index contributed by atoms with van der Waals surface area (Å²) >= 11 is 0. The van der Waals surface area contributed by atoms with Gasteiger partial charge in [-0.15, -0.1) is 0 Å². The minimum atomic E-state index is -1.37. The molecule has 0 amide bonds. The van der Waals surface area contributed by atoms with Crippen molar-refractivity contribution < 1.29 is 0 Å². The molecule has 2 heterocycles. The first-order valence-electron chi connectivity index (χ1n) is 19.4. The summed E-state index contributed by atoms with van der Waals surface area (Å²) in [5, 5.41) is 11.3. The predicted molar refractivity (Wildman–Crippen MR) is 195 cm³/mol. The van der Waals surface area contributed by atoms with E-state index in [1.54, 1.807) is 82.2 Å². The van der Waals surface area contributed by atoms with Crippen LogP contribution in [0.25, 0.3) is 0 Å². The summed E-state index contributed by atoms with van der Waals surface area (Å²) in [7, 11) is -1.45. The van der Waals surface area contributed by atoms with Crippen molar-refractivity contribution >= 4 is 29.1 Å². The first-order valence-corrected chi connectivity index (χ1v) is 26.1. The second-order valence-electron chi connectivity index (χ2n) is 19.0. The molecule has 0 radical (unpaired) electrons. The van der Waals surface area contributed by atoms with Gasteiger partial charge in [0.1, 0.15) is 0 Å². The topological polar surface area (TPSA) is 24.1 Å². The first kappa shape index (κ1) is 30.3. The number of hydrogen-bond acceptors (Lipinski definition) is 2. The Hall–Kier alpha value is 0.217. The molecule has 11 rings (SSSR count). The Labute approximate surface area is 273 Å². The SMILES string of the molecule is C[Si](C)(C)c1ccc(CP(C23CC4CC(CC(C4)C2)C3)C23CC4CC(CC(C4)C2)C3)c(CP(C2CCCN2)C2CCCN2)c1. The molecule has 10 aliphatic rings. The maximum Gasteiger partial charge on any atom is 0.0776 e. The van der Waals surface area contributed by atoms with E-state index in [4.69, 9.17) is 0 Å². The van der Waals surface area contributed by atoms with E-state index in [9.17, 15) is 0 Å². The van der Waals surface area contributed by atoms with E-state index in [1.807, 2.05) is 11.1 Å². The molecule has 2 atom stereocenters. The fourth-order valence-electron chi connectivity index (χ4n) is 13.7. The minimum Gasteiger partial charge on any atom is -0.310 e. The van der Waals surface area contributed by atoms with Crippen LogP contribution in [0.15, 0.2) is 18.2 Å². The van der Waals surface area contributed by atoms with Crippen LogP contribution in [0, 0.1) is 35.5 Å². The van der Waals surface area contributed by atoms with E-state index < -0.39 is 8.07 Å². The summed E-state index contributed by atoms with van der Waals surface area (Å²) < 4.78 is 0. The summed E-state index contributed by atoms with van der Waals surface area (Å²) in [5.41, 5.74) is 3.69. The van der Waals surface area contributed by atoms with Crippen molar-refractivity contribution in [1.82, 2.24) is 10.6 Å². The van der Waals surface area contributed by atoms with Gasteiger partial charge in [-0.05, 0) is 185 Å². The third-order valence-electron chi connectivity index (χ3n) is 14.8. The Morgan fingerprint density at radius 2 is 1.09 bits per heavy atom. The highest BCUT2D eigenvalue weighted by molar-refractivity contribution is 7.60. The average Bonchev–Trinajstić information content (AvgIpc) is 3.68. The molecule has 8 aliphatic carbocycles. The van der Waals surface area contributed by atoms with Crippen molar-refractivity contribution in [3.8, 4) is 0 Å². The van der Waals surface area contributed by atoms with Gasteiger partial charge in [-0.25, -0.2) is 0 Å². The van der Waals surface area contributed by atoms with Crippen LogP contribution in [0.4, 0.5) is 0 Å². The lowest BCUT2D eigenvalue weighted by Gasteiger charge is -2.67. The van der Waals surface area contributed by atoms with Gasteiger partial charge in [0.2, 0.25) is 0 Å². The van der Waals surface area contributed by atoms with Gasteiger partial charge in [-0.1, -0.05) is 58.9 Å². The first-order chi connectivity index (χ1) is 21.2. The summed E-state index contributed by atoms with van der Waals surface area (Å²) in [6.07, 6.45) is 27.9. The van der Waals surface area contributed by atoms with E-state index in [1.165, 1.54) is 51.1 Å². The van der Waals surface area contributed by atoms with E-state index in [0.29, 0.717) is 0 Å². The summed E-state index contributed by atoms with van der Waals surface area (Å²) in [5.74, 6) is 8.07. The lowest BCUT2D eigenvalue weighted by molar-refractivity contribution is 0.0184. The van der Waals surface area contributed by atoms with Crippen LogP contribution in [0.1, 0.15) is 114 Å².